The molecule has 12 rings (SSSR count). The number of rotatable bonds is 41. The van der Waals surface area contributed by atoms with Crippen molar-refractivity contribution in [3.63, 3.8) is 0 Å². The van der Waals surface area contributed by atoms with Crippen LogP contribution >= 0.6 is 0 Å². The molecule has 0 atom stereocenters. The molecule has 0 bridgehead atoms. The summed E-state index contributed by atoms with van der Waals surface area (Å²) < 4.78 is 15.8. The van der Waals surface area contributed by atoms with Crippen molar-refractivity contribution in [3.05, 3.63) is 108 Å². The molecule has 0 saturated carbocycles. The molecule has 9 saturated heterocycles. The largest absolute Gasteiger partial charge is 0.372 e. The molecule has 9 heterocycles. The van der Waals surface area contributed by atoms with E-state index in [2.05, 4.69) is 27.7 Å². The Bertz CT molecular complexity index is 3690. The van der Waals surface area contributed by atoms with Crippen LogP contribution in [0.1, 0.15) is 343 Å². The fraction of sp³-hybridized carbons (Fsp3) is 0.756. The van der Waals surface area contributed by atoms with Gasteiger partial charge in [-0.25, -0.2) is 0 Å². The number of hydrogen-bond donors (Lipinski definition) is 0. The quantitative estimate of drug-likeness (QED) is 0.0382. The van der Waals surface area contributed by atoms with E-state index < -0.39 is 0 Å². The molecule has 9 fully saturated rings. The summed E-state index contributed by atoms with van der Waals surface area (Å²) in [5.41, 5.74) is 2.06. The minimum Gasteiger partial charge on any atom is -0.372 e. The lowest BCUT2D eigenvalue weighted by atomic mass is 9.92. The minimum absolute atomic E-state index is 0.115. The SMILES string of the molecule is CC(C)(C)C(=O)C[S+]1CCCC1.CC(C)(C)C(=O)C[S+]1CCCCC1.CC(C)(C)C(=O)C[S+]1CCOCC1.CCC(=O)C[S+]1CCCC1.CCC(=O)C[S+]1CCCCC1.CCC(=O)C[S+]1CCOCC1.CCCC[S+](CCCC)CC(=O)C(C)(C)C.CCCC[S+](CCCC)CC(=O)CC.O=C(C[S+]1CCCC1)c1ccccc1.O=C(C[S+]1CCCCC1)c1ccccc1.O=C(C[S+]1CCOCC1)c1ccccc1. The highest BCUT2D eigenvalue weighted by molar-refractivity contribution is 8.00. The Hall–Kier alpha value is -2.24. The molecule has 0 radical (unpaired) electrons. The van der Waals surface area contributed by atoms with E-state index in [1.807, 2.05) is 202 Å². The van der Waals surface area contributed by atoms with E-state index in [0.717, 1.165) is 168 Å². The second-order valence-electron chi connectivity index (χ2n) is 43.0. The number of hydrogen-bond acceptors (Lipinski definition) is 14. The maximum atomic E-state index is 12.0. The van der Waals surface area contributed by atoms with Crippen molar-refractivity contribution in [2.75, 3.05) is 229 Å². The summed E-state index contributed by atoms with van der Waals surface area (Å²) >= 11 is 0. The van der Waals surface area contributed by atoms with Crippen LogP contribution in [-0.2, 0) is 172 Å². The van der Waals surface area contributed by atoms with Gasteiger partial charge in [0.05, 0.1) is 39.6 Å². The highest BCUT2D eigenvalue weighted by Gasteiger charge is 2.38. The number of ketones is 11. The molecule has 822 valence electrons. The fourth-order valence-corrected chi connectivity index (χ4v) is 40.4. The number of carbonyl (C=O) groups is 11. The van der Waals surface area contributed by atoms with Crippen LogP contribution in [0.15, 0.2) is 91.0 Å². The predicted octanol–water partition coefficient (Wildman–Crippen LogP) is 22.9. The minimum atomic E-state index is -0.161. The lowest BCUT2D eigenvalue weighted by molar-refractivity contribution is -0.124. The molecule has 0 spiro atoms. The number of unbranched alkanes of at least 4 members (excludes halogenated alkanes) is 4. The highest BCUT2D eigenvalue weighted by atomic mass is 32.2. The van der Waals surface area contributed by atoms with Crippen LogP contribution in [0.4, 0.5) is 0 Å². The maximum absolute atomic E-state index is 12.0. The van der Waals surface area contributed by atoms with E-state index in [1.54, 1.807) is 0 Å². The third-order valence-corrected chi connectivity index (χ3v) is 51.6. The van der Waals surface area contributed by atoms with Gasteiger partial charge in [-0.15, -0.1) is 0 Å². The van der Waals surface area contributed by atoms with E-state index in [-0.39, 0.29) is 38.3 Å². The standard InChI is InChI=1S/C14H29OS.C13H17OS.C12H15O2S.C12H15OS.C12H25OS.C11H21OS.C10H19O2S.C10H19OS.C9H17OS.C8H15O2S.C8H15OS/c1-6-8-10-16(11-9-7-2)12-13(15)14(3,4)5;14-13(12-7-3-1-4-8-12)11-15-9-5-2-6-10-15;13-12(11-4-2-1-3-5-11)10-15-8-6-14-7-9-15;13-12(10-14-8-4-5-9-14)11-6-2-1-3-7-11;1-4-7-9-14(10-8-5-2)11-12(13)6-3;1-11(2,3)10(12)9-13-7-5-4-6-8-13;1-10(2,3)9(11)8-13-6-4-12-5-7-13;1-10(2,3)9(11)8-12-6-4-5-7-12;1-2-9(10)8-11-6-4-3-5-7-11;1-2-8(9)7-11-5-3-10-4-6-11;1-2-8(9)7-10-5-3-4-6-10/h6-12H2,1-5H3;1,3-4,7-8H,2,5-6,9-11H2;1-5H,6-10H2;1-3,6-7H,4-5,8-10H2;4-11H2,1-3H3;4-9H2,1-3H3;4-8H2,1-3H3;4-8H2,1-3H3;2-8H2,1H3;2-7H2,1H3;2-7H2,1H3/q11*+1. The Morgan fingerprint density at radius 2 is 0.417 bits per heavy atom. The van der Waals surface area contributed by atoms with Crippen molar-refractivity contribution in [1.82, 2.24) is 0 Å². The second-order valence-corrected chi connectivity index (χ2v) is 68.6. The molecule has 0 aliphatic carbocycles. The van der Waals surface area contributed by atoms with E-state index in [0.29, 0.717) is 179 Å². The van der Waals surface area contributed by atoms with E-state index >= 15 is 0 Å². The molecular formula is C119H207O14S11+11. The summed E-state index contributed by atoms with van der Waals surface area (Å²) in [4.78, 5) is 127. The molecule has 0 amide bonds. The Morgan fingerprint density at radius 1 is 0.229 bits per heavy atom. The van der Waals surface area contributed by atoms with Crippen LogP contribution in [0, 0.1) is 21.7 Å². The van der Waals surface area contributed by atoms with Gasteiger partial charge >= 0.3 is 0 Å². The molecule has 3 aromatic carbocycles. The van der Waals surface area contributed by atoms with Crippen LogP contribution < -0.4 is 0 Å². The molecule has 3 aromatic rings. The third kappa shape index (κ3) is 70.9. The van der Waals surface area contributed by atoms with E-state index in [9.17, 15) is 52.7 Å². The number of Topliss-reactive ketones (excluding diaryl/α,β-unsaturated/α-hetero) is 11. The van der Waals surface area contributed by atoms with Gasteiger partial charge in [0.15, 0.2) is 110 Å². The smallest absolute Gasteiger partial charge is 0.211 e. The first kappa shape index (κ1) is 138. The average Bonchev–Trinajstić information content (AvgIpc) is 0.949. The Labute approximate surface area is 913 Å². The molecule has 0 aromatic heterocycles. The molecule has 9 aliphatic rings. The monoisotopic (exact) mass is 2210 g/mol. The second kappa shape index (κ2) is 84.1. The van der Waals surface area contributed by atoms with Gasteiger partial charge < -0.3 is 14.2 Å². The first-order valence-corrected chi connectivity index (χ1v) is 74.5. The maximum Gasteiger partial charge on any atom is 0.211 e. The first-order valence-electron chi connectivity index (χ1n) is 55.4. The van der Waals surface area contributed by atoms with Gasteiger partial charge in [-0.3, -0.25) is 52.7 Å². The molecule has 0 unspecified atom stereocenters. The molecule has 14 nitrogen and oxygen atoms in total. The summed E-state index contributed by atoms with van der Waals surface area (Å²) in [7, 11) is 4.26. The molecular weight excluding hydrogens is 2010 g/mol. The fourth-order valence-electron chi connectivity index (χ4n) is 15.3. The van der Waals surface area contributed by atoms with Crippen molar-refractivity contribution in [2.45, 2.75) is 312 Å². The van der Waals surface area contributed by atoms with Crippen molar-refractivity contribution in [3.8, 4) is 0 Å². The Balaban J connectivity index is 0.000000537. The van der Waals surface area contributed by atoms with E-state index in [4.69, 9.17) is 14.2 Å². The summed E-state index contributed by atoms with van der Waals surface area (Å²) in [6, 6.07) is 28.9. The van der Waals surface area contributed by atoms with Crippen LogP contribution in [0.2, 0.25) is 0 Å². The number of benzene rings is 3. The molecule has 0 N–H and O–H groups in total. The lowest BCUT2D eigenvalue weighted by Gasteiger charge is -2.19. The predicted molar refractivity (Wildman–Crippen MR) is 654 cm³/mol. The molecule has 144 heavy (non-hydrogen) atoms. The van der Waals surface area contributed by atoms with Gasteiger partial charge in [-0.05, 0) is 231 Å². The Kier molecular flexibility index (Phi) is 80.5. The average molecular weight is 2210 g/mol. The summed E-state index contributed by atoms with van der Waals surface area (Å²) in [5, 5.41) is 0. The summed E-state index contributed by atoms with van der Waals surface area (Å²) in [6.07, 6.45) is 33.3. The highest BCUT2D eigenvalue weighted by Crippen LogP contribution is 2.26. The van der Waals surface area contributed by atoms with Gasteiger partial charge in [0.1, 0.15) is 127 Å². The zero-order valence-corrected chi connectivity index (χ0v) is 104. The normalized spacial score (nSPS) is 17.5. The first-order chi connectivity index (χ1) is 68.7. The van der Waals surface area contributed by atoms with Gasteiger partial charge in [0.2, 0.25) is 17.3 Å². The van der Waals surface area contributed by atoms with Crippen molar-refractivity contribution in [2.24, 2.45) is 21.7 Å². The van der Waals surface area contributed by atoms with Gasteiger partial charge in [0, 0.05) is 74.9 Å². The molecule has 9 aliphatic heterocycles. The number of carbonyl (C=O) groups excluding carboxylic acids is 11. The third-order valence-electron chi connectivity index (χ3n) is 25.7. The van der Waals surface area contributed by atoms with E-state index in [1.165, 1.54) is 240 Å². The zero-order chi connectivity index (χ0) is 107. The van der Waals surface area contributed by atoms with Gasteiger partial charge in [-0.2, -0.15) is 0 Å². The van der Waals surface area contributed by atoms with Gasteiger partial charge in [0.25, 0.3) is 0 Å². The van der Waals surface area contributed by atoms with Crippen molar-refractivity contribution in [1.29, 1.82) is 0 Å². The van der Waals surface area contributed by atoms with Crippen LogP contribution in [-0.4, -0.2) is 293 Å². The van der Waals surface area contributed by atoms with Crippen LogP contribution in [0.3, 0.4) is 0 Å². The van der Waals surface area contributed by atoms with Crippen molar-refractivity contribution >= 4 is 183 Å². The number of ether oxygens (including phenoxy) is 3. The zero-order valence-electron chi connectivity index (χ0n) is 94.5. The lowest BCUT2D eigenvalue weighted by Crippen LogP contribution is -2.35. The summed E-state index contributed by atoms with van der Waals surface area (Å²) in [6.45, 7) is 46.1. The van der Waals surface area contributed by atoms with Crippen LogP contribution in [0.25, 0.3) is 0 Å². The van der Waals surface area contributed by atoms with Gasteiger partial charge in [-0.1, -0.05) is 255 Å². The molecule has 25 heteroatoms. The topological polar surface area (TPSA) is 215 Å². The van der Waals surface area contributed by atoms with Crippen LogP contribution in [0.5, 0.6) is 0 Å². The summed E-state index contributed by atoms with van der Waals surface area (Å²) in [5.74, 6) is 40.7. The van der Waals surface area contributed by atoms with Crippen molar-refractivity contribution < 1.29 is 67.0 Å². The Morgan fingerprint density at radius 3 is 0.632 bits per heavy atom.